The first-order valence-corrected chi connectivity index (χ1v) is 5.11. The second-order valence-corrected chi connectivity index (χ2v) is 3.60. The van der Waals surface area contributed by atoms with Crippen molar-refractivity contribution in [1.29, 1.82) is 0 Å². The summed E-state index contributed by atoms with van der Waals surface area (Å²) in [7, 11) is 0. The maximum Gasteiger partial charge on any atom is 0.347 e. The number of benzene rings is 1. The molecule has 0 radical (unpaired) electrons. The maximum atomic E-state index is 11.4. The zero-order chi connectivity index (χ0) is 11.4. The van der Waals surface area contributed by atoms with Gasteiger partial charge in [0.05, 0.1) is 11.9 Å². The molecule has 1 aromatic carbocycles. The zero-order valence-corrected chi connectivity index (χ0v) is 8.84. The Morgan fingerprint density at radius 3 is 2.75 bits per heavy atom. The Hall–Kier alpha value is -2.10. The minimum absolute atomic E-state index is 0.259. The second kappa shape index (κ2) is 4.61. The van der Waals surface area contributed by atoms with E-state index >= 15 is 0 Å². The number of nitrogens with two attached hydrogens (primary N) is 1. The smallest absolute Gasteiger partial charge is 0.347 e. The van der Waals surface area contributed by atoms with Gasteiger partial charge in [-0.2, -0.15) is 4.98 Å². The van der Waals surface area contributed by atoms with Gasteiger partial charge >= 0.3 is 5.69 Å². The lowest BCUT2D eigenvalue weighted by Crippen LogP contribution is -2.23. The molecule has 4 nitrogen and oxygen atoms in total. The van der Waals surface area contributed by atoms with Crippen LogP contribution in [0.4, 0.5) is 5.69 Å². The summed E-state index contributed by atoms with van der Waals surface area (Å²) >= 11 is 0. The van der Waals surface area contributed by atoms with E-state index in [1.807, 2.05) is 30.3 Å². The van der Waals surface area contributed by atoms with E-state index in [2.05, 4.69) is 4.98 Å². The predicted molar refractivity (Wildman–Crippen MR) is 63.1 cm³/mol. The van der Waals surface area contributed by atoms with Gasteiger partial charge in [0.2, 0.25) is 0 Å². The number of hydrogen-bond donors (Lipinski definition) is 1. The van der Waals surface area contributed by atoms with Gasteiger partial charge in [-0.15, -0.1) is 0 Å². The molecule has 0 aliphatic rings. The molecule has 0 aliphatic heterocycles. The van der Waals surface area contributed by atoms with E-state index in [0.29, 0.717) is 12.2 Å². The Kier molecular flexibility index (Phi) is 3.00. The molecular weight excluding hydrogens is 202 g/mol. The maximum absolute atomic E-state index is 11.4. The lowest BCUT2D eigenvalue weighted by Gasteiger charge is -2.05. The quantitative estimate of drug-likeness (QED) is 0.833. The van der Waals surface area contributed by atoms with E-state index in [-0.39, 0.29) is 5.69 Å². The van der Waals surface area contributed by atoms with E-state index in [9.17, 15) is 4.79 Å². The molecule has 0 saturated carbocycles. The highest BCUT2D eigenvalue weighted by atomic mass is 16.1. The lowest BCUT2D eigenvalue weighted by molar-refractivity contribution is 0.651. The van der Waals surface area contributed by atoms with E-state index < -0.39 is 0 Å². The molecule has 0 atom stereocenters. The van der Waals surface area contributed by atoms with Crippen molar-refractivity contribution in [2.24, 2.45) is 0 Å². The van der Waals surface area contributed by atoms with Crippen molar-refractivity contribution in [3.8, 4) is 0 Å². The van der Waals surface area contributed by atoms with Crippen molar-refractivity contribution in [1.82, 2.24) is 9.55 Å². The molecule has 0 bridgehead atoms. The molecule has 2 rings (SSSR count). The third-order valence-corrected chi connectivity index (χ3v) is 2.36. The van der Waals surface area contributed by atoms with Gasteiger partial charge in [-0.1, -0.05) is 30.3 Å². The molecule has 82 valence electrons. The Morgan fingerprint density at radius 1 is 1.25 bits per heavy atom. The third kappa shape index (κ3) is 2.48. The second-order valence-electron chi connectivity index (χ2n) is 3.60. The summed E-state index contributed by atoms with van der Waals surface area (Å²) in [5.41, 5.74) is 7.01. The number of nitrogen functional groups attached to an aromatic ring is 1. The highest BCUT2D eigenvalue weighted by Gasteiger charge is 1.98. The van der Waals surface area contributed by atoms with Gasteiger partial charge in [-0.3, -0.25) is 4.57 Å². The molecule has 1 aromatic heterocycles. The minimum Gasteiger partial charge on any atom is -0.396 e. The molecule has 0 fully saturated rings. The lowest BCUT2D eigenvalue weighted by atomic mass is 10.1. The van der Waals surface area contributed by atoms with Crippen LogP contribution >= 0.6 is 0 Å². The van der Waals surface area contributed by atoms with Crippen molar-refractivity contribution in [3.05, 3.63) is 58.8 Å². The van der Waals surface area contributed by atoms with Crippen molar-refractivity contribution >= 4 is 5.69 Å². The van der Waals surface area contributed by atoms with Crippen molar-refractivity contribution in [3.63, 3.8) is 0 Å². The van der Waals surface area contributed by atoms with Gasteiger partial charge in [-0.05, 0) is 12.0 Å². The molecule has 0 unspecified atom stereocenters. The average molecular weight is 215 g/mol. The van der Waals surface area contributed by atoms with Crippen molar-refractivity contribution in [2.75, 3.05) is 5.73 Å². The number of nitrogens with zero attached hydrogens (tertiary/aromatic N) is 2. The molecule has 0 amide bonds. The number of rotatable bonds is 3. The van der Waals surface area contributed by atoms with E-state index in [1.165, 1.54) is 16.3 Å². The Bertz CT molecular complexity index is 519. The molecular formula is C12H13N3O. The van der Waals surface area contributed by atoms with Crippen LogP contribution in [-0.4, -0.2) is 9.55 Å². The van der Waals surface area contributed by atoms with E-state index in [1.54, 1.807) is 6.20 Å². The van der Waals surface area contributed by atoms with Gasteiger partial charge in [0.25, 0.3) is 0 Å². The molecule has 1 heterocycles. The van der Waals surface area contributed by atoms with Crippen LogP contribution in [0.15, 0.2) is 47.5 Å². The minimum atomic E-state index is -0.259. The monoisotopic (exact) mass is 215 g/mol. The summed E-state index contributed by atoms with van der Waals surface area (Å²) in [6.07, 6.45) is 3.80. The standard InChI is InChI=1S/C12H13N3O/c13-11-8-14-12(16)15(9-11)7-6-10-4-2-1-3-5-10/h1-5,8-9H,6-7,13H2. The Balaban J connectivity index is 2.11. The normalized spacial score (nSPS) is 10.2. The highest BCUT2D eigenvalue weighted by molar-refractivity contribution is 5.29. The summed E-state index contributed by atoms with van der Waals surface area (Å²) in [6.45, 7) is 0.598. The molecule has 16 heavy (non-hydrogen) atoms. The highest BCUT2D eigenvalue weighted by Crippen LogP contribution is 2.01. The topological polar surface area (TPSA) is 60.9 Å². The number of hydrogen-bond acceptors (Lipinski definition) is 3. The largest absolute Gasteiger partial charge is 0.396 e. The fourth-order valence-corrected chi connectivity index (χ4v) is 1.53. The molecule has 2 N–H and O–H groups in total. The van der Waals surface area contributed by atoms with Gasteiger partial charge in [0.1, 0.15) is 0 Å². The fraction of sp³-hybridized carbons (Fsp3) is 0.167. The molecule has 2 aromatic rings. The van der Waals surface area contributed by atoms with Crippen molar-refractivity contribution in [2.45, 2.75) is 13.0 Å². The van der Waals surface area contributed by atoms with Crippen LogP contribution in [0.3, 0.4) is 0 Å². The summed E-state index contributed by atoms with van der Waals surface area (Å²) in [6, 6.07) is 10.00. The first kappa shape index (κ1) is 10.4. The van der Waals surface area contributed by atoms with Gasteiger partial charge in [-0.25, -0.2) is 4.79 Å². The van der Waals surface area contributed by atoms with Crippen LogP contribution in [0.1, 0.15) is 5.56 Å². The predicted octanol–water partition coefficient (Wildman–Crippen LogP) is 1.07. The molecule has 4 heteroatoms. The van der Waals surface area contributed by atoms with Crippen LogP contribution in [0.5, 0.6) is 0 Å². The third-order valence-electron chi connectivity index (χ3n) is 2.36. The number of anilines is 1. The van der Waals surface area contributed by atoms with Crippen LogP contribution in [0, 0.1) is 0 Å². The first-order chi connectivity index (χ1) is 7.75. The molecule has 0 saturated heterocycles. The van der Waals surface area contributed by atoms with Crippen LogP contribution in [-0.2, 0) is 13.0 Å². The summed E-state index contributed by atoms with van der Waals surface area (Å²) in [5, 5.41) is 0. The van der Waals surface area contributed by atoms with E-state index in [0.717, 1.165) is 6.42 Å². The summed E-state index contributed by atoms with van der Waals surface area (Å²) in [5.74, 6) is 0. The Morgan fingerprint density at radius 2 is 2.00 bits per heavy atom. The SMILES string of the molecule is Nc1cnc(=O)n(CCc2ccccc2)c1. The average Bonchev–Trinajstić information content (AvgIpc) is 2.32. The first-order valence-electron chi connectivity index (χ1n) is 5.11. The molecule has 0 spiro atoms. The molecule has 0 aliphatic carbocycles. The van der Waals surface area contributed by atoms with Crippen molar-refractivity contribution < 1.29 is 0 Å². The Labute approximate surface area is 93.4 Å². The van der Waals surface area contributed by atoms with Gasteiger partial charge in [0.15, 0.2) is 0 Å². The van der Waals surface area contributed by atoms with Gasteiger partial charge < -0.3 is 5.73 Å². The fourth-order valence-electron chi connectivity index (χ4n) is 1.53. The summed E-state index contributed by atoms with van der Waals surface area (Å²) < 4.78 is 1.53. The zero-order valence-electron chi connectivity index (χ0n) is 8.84. The van der Waals surface area contributed by atoms with Crippen LogP contribution in [0.2, 0.25) is 0 Å². The summed E-state index contributed by atoms with van der Waals surface area (Å²) in [4.78, 5) is 15.1. The number of aromatic nitrogens is 2. The van der Waals surface area contributed by atoms with Crippen LogP contribution < -0.4 is 11.4 Å². The van der Waals surface area contributed by atoms with Crippen LogP contribution in [0.25, 0.3) is 0 Å². The van der Waals surface area contributed by atoms with E-state index in [4.69, 9.17) is 5.73 Å². The number of aryl methyl sites for hydroxylation is 2. The van der Waals surface area contributed by atoms with Gasteiger partial charge in [0, 0.05) is 12.7 Å².